The van der Waals surface area contributed by atoms with Crippen LogP contribution in [0.3, 0.4) is 0 Å². The van der Waals surface area contributed by atoms with E-state index in [1.165, 1.54) is 11.1 Å². The Bertz CT molecular complexity index is 1080. The quantitative estimate of drug-likeness (QED) is 0.735. The molecular formula is C20H15N3O2. The minimum absolute atomic E-state index is 0.352. The molecule has 1 N–H and O–H groups in total. The van der Waals surface area contributed by atoms with E-state index in [0.717, 1.165) is 30.3 Å². The number of rotatable bonds is 2. The summed E-state index contributed by atoms with van der Waals surface area (Å²) in [5.41, 5.74) is 4.57. The molecule has 0 radical (unpaired) electrons. The summed E-state index contributed by atoms with van der Waals surface area (Å²) in [4.78, 5) is 29.3. The SMILES string of the molecule is O=C1NC(=O)C(c2cn3c4c(cccc24)CCC3)=C1c1ccccn1. The molecule has 0 bridgehead atoms. The molecule has 1 aromatic carbocycles. The van der Waals surface area contributed by atoms with E-state index < -0.39 is 0 Å². The standard InChI is InChI=1S/C20H15N3O2/c24-19-16(17(20(25)22-19)15-8-1-2-9-21-15)14-11-23-10-4-6-12-5-3-7-13(14)18(12)23/h1-3,5,7-9,11H,4,6,10H2,(H,22,24,25). The van der Waals surface area contributed by atoms with Crippen molar-refractivity contribution in [3.8, 4) is 0 Å². The van der Waals surface area contributed by atoms with E-state index in [9.17, 15) is 9.59 Å². The summed E-state index contributed by atoms with van der Waals surface area (Å²) in [5.74, 6) is -0.736. The number of amides is 2. The number of aromatic nitrogens is 2. The Labute approximate surface area is 144 Å². The zero-order valence-electron chi connectivity index (χ0n) is 13.5. The number of nitrogens with one attached hydrogen (secondary N) is 1. The normalized spacial score (nSPS) is 16.6. The van der Waals surface area contributed by atoms with Crippen LogP contribution in [0.1, 0.15) is 23.2 Å². The number of imide groups is 1. The second-order valence-electron chi connectivity index (χ2n) is 6.40. The number of benzene rings is 1. The van der Waals surface area contributed by atoms with Gasteiger partial charge in [-0.2, -0.15) is 0 Å². The van der Waals surface area contributed by atoms with Crippen molar-refractivity contribution >= 4 is 33.9 Å². The van der Waals surface area contributed by atoms with E-state index in [1.807, 2.05) is 24.4 Å². The van der Waals surface area contributed by atoms with E-state index >= 15 is 0 Å². The maximum absolute atomic E-state index is 12.6. The highest BCUT2D eigenvalue weighted by molar-refractivity contribution is 6.49. The van der Waals surface area contributed by atoms with Crippen LogP contribution in [0, 0.1) is 0 Å². The van der Waals surface area contributed by atoms with E-state index in [0.29, 0.717) is 16.8 Å². The molecule has 5 rings (SSSR count). The molecule has 4 heterocycles. The number of carbonyl (C=O) groups excluding carboxylic acids is 2. The van der Waals surface area contributed by atoms with Crippen molar-refractivity contribution in [2.45, 2.75) is 19.4 Å². The highest BCUT2D eigenvalue weighted by Gasteiger charge is 2.34. The van der Waals surface area contributed by atoms with Gasteiger partial charge in [-0.15, -0.1) is 0 Å². The van der Waals surface area contributed by atoms with Crippen LogP contribution in [0.5, 0.6) is 0 Å². The molecule has 25 heavy (non-hydrogen) atoms. The van der Waals surface area contributed by atoms with E-state index in [4.69, 9.17) is 0 Å². The summed E-state index contributed by atoms with van der Waals surface area (Å²) < 4.78 is 2.20. The van der Waals surface area contributed by atoms with Crippen molar-refractivity contribution in [3.63, 3.8) is 0 Å². The molecule has 0 fully saturated rings. The van der Waals surface area contributed by atoms with Crippen LogP contribution in [0.15, 0.2) is 48.8 Å². The van der Waals surface area contributed by atoms with Crippen LogP contribution in [0.4, 0.5) is 0 Å². The number of pyridine rings is 1. The Hall–Kier alpha value is -3.21. The Balaban J connectivity index is 1.84. The van der Waals surface area contributed by atoms with Gasteiger partial charge in [0.15, 0.2) is 0 Å². The minimum atomic E-state index is -0.384. The van der Waals surface area contributed by atoms with Crippen LogP contribution in [-0.4, -0.2) is 21.4 Å². The molecule has 122 valence electrons. The number of carbonyl (C=O) groups is 2. The minimum Gasteiger partial charge on any atom is -0.347 e. The fourth-order valence-corrected chi connectivity index (χ4v) is 3.92. The van der Waals surface area contributed by atoms with E-state index in [-0.39, 0.29) is 11.8 Å². The van der Waals surface area contributed by atoms with Crippen molar-refractivity contribution in [2.24, 2.45) is 0 Å². The number of aryl methyl sites for hydroxylation is 2. The summed E-state index contributed by atoms with van der Waals surface area (Å²) in [5, 5.41) is 3.45. The highest BCUT2D eigenvalue weighted by atomic mass is 16.2. The van der Waals surface area contributed by atoms with Gasteiger partial charge in [-0.05, 0) is 30.5 Å². The first-order valence-electron chi connectivity index (χ1n) is 8.36. The summed E-state index contributed by atoms with van der Waals surface area (Å²) in [6.07, 6.45) is 5.75. The first-order valence-corrected chi connectivity index (χ1v) is 8.36. The Kier molecular flexibility index (Phi) is 2.91. The molecule has 0 aliphatic carbocycles. The molecule has 0 saturated carbocycles. The fourth-order valence-electron chi connectivity index (χ4n) is 3.92. The first-order chi connectivity index (χ1) is 12.2. The Morgan fingerprint density at radius 2 is 1.88 bits per heavy atom. The smallest absolute Gasteiger partial charge is 0.261 e. The van der Waals surface area contributed by atoms with E-state index in [1.54, 1.807) is 18.3 Å². The topological polar surface area (TPSA) is 64.0 Å². The maximum Gasteiger partial charge on any atom is 0.261 e. The van der Waals surface area contributed by atoms with Crippen molar-refractivity contribution < 1.29 is 9.59 Å². The monoisotopic (exact) mass is 329 g/mol. The molecule has 5 heteroatoms. The second kappa shape index (κ2) is 5.14. The average molecular weight is 329 g/mol. The fraction of sp³-hybridized carbons (Fsp3) is 0.150. The third-order valence-corrected chi connectivity index (χ3v) is 4.95. The molecule has 2 aromatic heterocycles. The van der Waals surface area contributed by atoms with Crippen LogP contribution in [-0.2, 0) is 22.6 Å². The van der Waals surface area contributed by atoms with Gasteiger partial charge in [0.1, 0.15) is 0 Å². The number of hydrogen-bond donors (Lipinski definition) is 1. The van der Waals surface area contributed by atoms with Gasteiger partial charge in [-0.25, -0.2) is 0 Å². The Morgan fingerprint density at radius 1 is 1.00 bits per heavy atom. The third kappa shape index (κ3) is 1.99. The lowest BCUT2D eigenvalue weighted by molar-refractivity contribution is -0.122. The molecule has 0 spiro atoms. The molecule has 3 aromatic rings. The van der Waals surface area contributed by atoms with Crippen LogP contribution < -0.4 is 5.32 Å². The van der Waals surface area contributed by atoms with Crippen molar-refractivity contribution in [2.75, 3.05) is 0 Å². The number of hydrogen-bond acceptors (Lipinski definition) is 3. The van der Waals surface area contributed by atoms with Gasteiger partial charge in [-0.3, -0.25) is 19.9 Å². The van der Waals surface area contributed by atoms with Gasteiger partial charge in [0, 0.05) is 29.9 Å². The van der Waals surface area contributed by atoms with Gasteiger partial charge < -0.3 is 4.57 Å². The lowest BCUT2D eigenvalue weighted by atomic mass is 9.97. The molecule has 2 aliphatic heterocycles. The predicted molar refractivity (Wildman–Crippen MR) is 94.5 cm³/mol. The third-order valence-electron chi connectivity index (χ3n) is 4.95. The summed E-state index contributed by atoms with van der Waals surface area (Å²) >= 11 is 0. The lowest BCUT2D eigenvalue weighted by Gasteiger charge is -2.14. The average Bonchev–Trinajstić information content (AvgIpc) is 3.14. The van der Waals surface area contributed by atoms with Crippen molar-refractivity contribution in [3.05, 3.63) is 65.6 Å². The van der Waals surface area contributed by atoms with Crippen molar-refractivity contribution in [1.82, 2.24) is 14.9 Å². The summed E-state index contributed by atoms with van der Waals surface area (Å²) in [6.45, 7) is 0.926. The predicted octanol–water partition coefficient (Wildman–Crippen LogP) is 2.55. The molecule has 0 unspecified atom stereocenters. The van der Waals surface area contributed by atoms with Gasteiger partial charge in [0.25, 0.3) is 11.8 Å². The maximum atomic E-state index is 12.6. The zero-order valence-corrected chi connectivity index (χ0v) is 13.5. The number of para-hydroxylation sites is 1. The van der Waals surface area contributed by atoms with Crippen LogP contribution in [0.2, 0.25) is 0 Å². The van der Waals surface area contributed by atoms with E-state index in [2.05, 4.69) is 20.9 Å². The second-order valence-corrected chi connectivity index (χ2v) is 6.40. The molecule has 2 aliphatic rings. The summed E-state index contributed by atoms with van der Waals surface area (Å²) in [6, 6.07) is 11.5. The van der Waals surface area contributed by atoms with Gasteiger partial charge in [0.05, 0.1) is 22.4 Å². The van der Waals surface area contributed by atoms with Gasteiger partial charge in [-0.1, -0.05) is 24.3 Å². The molecule has 0 atom stereocenters. The summed E-state index contributed by atoms with van der Waals surface area (Å²) in [7, 11) is 0. The van der Waals surface area contributed by atoms with Crippen LogP contribution >= 0.6 is 0 Å². The largest absolute Gasteiger partial charge is 0.347 e. The Morgan fingerprint density at radius 3 is 2.72 bits per heavy atom. The van der Waals surface area contributed by atoms with Crippen molar-refractivity contribution in [1.29, 1.82) is 0 Å². The number of nitrogens with zero attached hydrogens (tertiary/aromatic N) is 2. The van der Waals surface area contributed by atoms with Crippen LogP contribution in [0.25, 0.3) is 22.0 Å². The molecule has 2 amide bonds. The highest BCUT2D eigenvalue weighted by Crippen LogP contribution is 2.37. The molecular weight excluding hydrogens is 314 g/mol. The molecule has 5 nitrogen and oxygen atoms in total. The lowest BCUT2D eigenvalue weighted by Crippen LogP contribution is -2.22. The zero-order chi connectivity index (χ0) is 17.0. The van der Waals surface area contributed by atoms with Gasteiger partial charge in [0.2, 0.25) is 0 Å². The molecule has 0 saturated heterocycles. The first kappa shape index (κ1) is 14.2. The van der Waals surface area contributed by atoms with Gasteiger partial charge >= 0.3 is 0 Å².